The molecule has 1 aromatic heterocycles. The minimum absolute atomic E-state index is 0.0289. The summed E-state index contributed by atoms with van der Waals surface area (Å²) in [6.45, 7) is 0.575. The predicted molar refractivity (Wildman–Crippen MR) is 91.7 cm³/mol. The second-order valence-electron chi connectivity index (χ2n) is 4.60. The number of nitrogens with one attached hydrogen (secondary N) is 2. The highest BCUT2D eigenvalue weighted by Crippen LogP contribution is 1.96. The summed E-state index contributed by atoms with van der Waals surface area (Å²) in [4.78, 5) is 34.8. The topological polar surface area (TPSA) is 235 Å². The molecule has 0 saturated carbocycles. The Kier molecular flexibility index (Phi) is 14.4. The molecular weight excluding hydrogens is 358 g/mol. The Morgan fingerprint density at radius 3 is 2.08 bits per heavy atom. The maximum absolute atomic E-state index is 10.2. The second-order valence-corrected chi connectivity index (χ2v) is 6.17. The van der Waals surface area contributed by atoms with Crippen LogP contribution in [0.25, 0.3) is 0 Å². The van der Waals surface area contributed by atoms with Crippen LogP contribution in [0.1, 0.15) is 19.3 Å². The van der Waals surface area contributed by atoms with Crippen LogP contribution in [0.2, 0.25) is 0 Å². The Morgan fingerprint density at radius 1 is 1.20 bits per heavy atom. The van der Waals surface area contributed by atoms with Crippen LogP contribution in [-0.2, 0) is 14.9 Å². The van der Waals surface area contributed by atoms with Gasteiger partial charge in [0, 0.05) is 18.8 Å². The minimum atomic E-state index is -3.80. The minimum Gasteiger partial charge on any atom is -0.480 e. The van der Waals surface area contributed by atoms with E-state index < -0.39 is 27.8 Å². The fraction of sp³-hybridized carbons (Fsp3) is 0.583. The van der Waals surface area contributed by atoms with Crippen molar-refractivity contribution in [3.63, 3.8) is 0 Å². The van der Waals surface area contributed by atoms with Crippen molar-refractivity contribution < 1.29 is 22.9 Å². The van der Waals surface area contributed by atoms with Gasteiger partial charge < -0.3 is 27.3 Å². The number of nitrogens with two attached hydrogens (primary N) is 3. The molecule has 146 valence electrons. The molecule has 1 unspecified atom stereocenters. The lowest BCUT2D eigenvalue weighted by Crippen LogP contribution is -2.29. The third-order valence-corrected chi connectivity index (χ3v) is 3.10. The number of rotatable bonds is 7. The van der Waals surface area contributed by atoms with Gasteiger partial charge in [-0.05, 0) is 19.4 Å². The summed E-state index contributed by atoms with van der Waals surface area (Å²) in [5, 5.41) is 8.33. The molecule has 0 aliphatic rings. The van der Waals surface area contributed by atoms with Crippen molar-refractivity contribution in [2.45, 2.75) is 25.3 Å². The number of aliphatic carboxylic acids is 1. The summed E-state index contributed by atoms with van der Waals surface area (Å²) < 4.78 is 27.3. The fourth-order valence-corrected chi connectivity index (χ4v) is 1.46. The second kappa shape index (κ2) is 14.3. The van der Waals surface area contributed by atoms with Crippen LogP contribution in [0.5, 0.6) is 0 Å². The van der Waals surface area contributed by atoms with Gasteiger partial charge in [0.1, 0.15) is 6.04 Å². The Hall–Kier alpha value is -2.06. The molecule has 0 fully saturated rings. The molecule has 0 aliphatic carbocycles. The highest BCUT2D eigenvalue weighted by Gasteiger charge is 2.09. The Labute approximate surface area is 144 Å². The van der Waals surface area contributed by atoms with Crippen molar-refractivity contribution in [1.29, 1.82) is 0 Å². The number of aromatic amines is 2. The lowest BCUT2D eigenvalue weighted by Gasteiger charge is -2.03. The zero-order valence-corrected chi connectivity index (χ0v) is 14.4. The summed E-state index contributed by atoms with van der Waals surface area (Å²) >= 11 is 0. The highest BCUT2D eigenvalue weighted by atomic mass is 32.2. The van der Waals surface area contributed by atoms with Crippen molar-refractivity contribution in [3.05, 3.63) is 33.1 Å². The number of aromatic nitrogens is 2. The van der Waals surface area contributed by atoms with E-state index >= 15 is 0 Å². The van der Waals surface area contributed by atoms with Crippen LogP contribution in [0.15, 0.2) is 21.9 Å². The summed E-state index contributed by atoms with van der Waals surface area (Å²) in [5.41, 5.74) is 14.3. The van der Waals surface area contributed by atoms with Crippen LogP contribution in [0.4, 0.5) is 0 Å². The number of unbranched alkanes of at least 4 members (excludes halogenated alkanes) is 1. The molecule has 12 nitrogen and oxygen atoms in total. The van der Waals surface area contributed by atoms with Crippen molar-refractivity contribution in [1.82, 2.24) is 9.97 Å². The monoisotopic (exact) mass is 383 g/mol. The van der Waals surface area contributed by atoms with Crippen LogP contribution in [-0.4, -0.2) is 58.9 Å². The van der Waals surface area contributed by atoms with Crippen molar-refractivity contribution in [2.24, 2.45) is 17.2 Å². The number of hydrogen-bond donors (Lipinski definition) is 7. The maximum atomic E-state index is 10.2. The van der Waals surface area contributed by atoms with E-state index in [2.05, 4.69) is 4.98 Å². The van der Waals surface area contributed by atoms with E-state index in [9.17, 15) is 22.8 Å². The first-order valence-corrected chi connectivity index (χ1v) is 8.76. The molecule has 25 heavy (non-hydrogen) atoms. The van der Waals surface area contributed by atoms with Gasteiger partial charge >= 0.3 is 11.7 Å². The number of carboxylic acids is 1. The first-order chi connectivity index (χ1) is 11.5. The molecule has 0 bridgehead atoms. The van der Waals surface area contributed by atoms with Gasteiger partial charge in [-0.25, -0.2) is 4.79 Å². The average molecular weight is 383 g/mol. The standard InChI is InChI=1S/C6H14N2O2.C4H4N2O2.C2H7NO3S/c7-4-2-1-3-5(8)6(9)10;7-3-1-2-5-4(8)6-3;3-1-2-7(4,5)6/h5H,1-4,7-8H2,(H,9,10);1-2H,(H2,5,6,7,8);1-3H2,(H,4,5,6). The summed E-state index contributed by atoms with van der Waals surface area (Å²) in [6.07, 6.45) is 3.46. The van der Waals surface area contributed by atoms with E-state index in [1.165, 1.54) is 12.3 Å². The first-order valence-electron chi connectivity index (χ1n) is 7.15. The summed E-state index contributed by atoms with van der Waals surface area (Å²) in [6, 6.07) is 0.521. The van der Waals surface area contributed by atoms with Crippen LogP contribution in [0, 0.1) is 0 Å². The molecule has 0 radical (unpaired) electrons. The third kappa shape index (κ3) is 19.9. The smallest absolute Gasteiger partial charge is 0.325 e. The van der Waals surface area contributed by atoms with Gasteiger partial charge in [-0.2, -0.15) is 8.42 Å². The maximum Gasteiger partial charge on any atom is 0.325 e. The zero-order valence-electron chi connectivity index (χ0n) is 13.6. The molecule has 0 amide bonds. The van der Waals surface area contributed by atoms with Crippen molar-refractivity contribution >= 4 is 16.1 Å². The van der Waals surface area contributed by atoms with Crippen LogP contribution in [0.3, 0.4) is 0 Å². The average Bonchev–Trinajstić information content (AvgIpc) is 2.47. The largest absolute Gasteiger partial charge is 0.480 e. The Balaban J connectivity index is 0. The van der Waals surface area contributed by atoms with Crippen molar-refractivity contribution in [3.8, 4) is 0 Å². The van der Waals surface area contributed by atoms with E-state index in [1.54, 1.807) is 0 Å². The quantitative estimate of drug-likeness (QED) is 0.192. The number of hydrogen-bond acceptors (Lipinski definition) is 8. The molecule has 0 spiro atoms. The fourth-order valence-electron chi connectivity index (χ4n) is 1.16. The lowest BCUT2D eigenvalue weighted by atomic mass is 10.1. The van der Waals surface area contributed by atoms with Gasteiger partial charge in [0.05, 0.1) is 5.75 Å². The molecular formula is C12H25N5O7S. The molecule has 1 atom stereocenters. The van der Waals surface area contributed by atoms with Gasteiger partial charge in [0.2, 0.25) is 0 Å². The van der Waals surface area contributed by atoms with Gasteiger partial charge in [-0.1, -0.05) is 6.42 Å². The van der Waals surface area contributed by atoms with E-state index in [1.807, 2.05) is 4.98 Å². The van der Waals surface area contributed by atoms with E-state index in [-0.39, 0.29) is 17.9 Å². The number of carbonyl (C=O) groups is 1. The number of H-pyrrole nitrogens is 2. The zero-order chi connectivity index (χ0) is 19.9. The van der Waals surface area contributed by atoms with Gasteiger partial charge in [0.15, 0.2) is 0 Å². The number of carboxylic acid groups (broad SMARTS) is 1. The molecule has 0 saturated heterocycles. The molecule has 1 heterocycles. The first kappa shape index (κ1) is 25.2. The SMILES string of the molecule is NCCCCC(N)C(=O)O.NCCS(=O)(=O)O.O=c1cc[nH]c(=O)[nH]1. The highest BCUT2D eigenvalue weighted by molar-refractivity contribution is 7.85. The normalized spacial score (nSPS) is 11.4. The third-order valence-electron chi connectivity index (χ3n) is 2.35. The van der Waals surface area contributed by atoms with E-state index in [0.717, 1.165) is 12.8 Å². The Morgan fingerprint density at radius 2 is 1.80 bits per heavy atom. The molecule has 0 aliphatic heterocycles. The van der Waals surface area contributed by atoms with Gasteiger partial charge in [-0.3, -0.25) is 19.1 Å². The summed E-state index contributed by atoms with van der Waals surface area (Å²) in [7, 11) is -3.80. The molecule has 13 heteroatoms. The molecule has 10 N–H and O–H groups in total. The van der Waals surface area contributed by atoms with Crippen LogP contribution >= 0.6 is 0 Å². The lowest BCUT2D eigenvalue weighted by molar-refractivity contribution is -0.138. The Bertz CT molecular complexity index is 660. The van der Waals surface area contributed by atoms with Gasteiger partial charge in [-0.15, -0.1) is 0 Å². The molecule has 1 rings (SSSR count). The van der Waals surface area contributed by atoms with Gasteiger partial charge in [0.25, 0.3) is 15.7 Å². The molecule has 0 aromatic carbocycles. The van der Waals surface area contributed by atoms with E-state index in [4.69, 9.17) is 26.9 Å². The van der Waals surface area contributed by atoms with E-state index in [0.29, 0.717) is 13.0 Å². The summed E-state index contributed by atoms with van der Waals surface area (Å²) in [5.74, 6) is -1.29. The predicted octanol–water partition coefficient (Wildman–Crippen LogP) is -2.58. The van der Waals surface area contributed by atoms with Crippen molar-refractivity contribution in [2.75, 3.05) is 18.8 Å². The van der Waals surface area contributed by atoms with Crippen LogP contribution < -0.4 is 28.5 Å². The molecule has 1 aromatic rings.